The lowest BCUT2D eigenvalue weighted by molar-refractivity contribution is -0.870. The first kappa shape index (κ1) is 74.9. The van der Waals surface area contributed by atoms with Crippen LogP contribution in [0.5, 0.6) is 0 Å². The van der Waals surface area contributed by atoms with Crippen molar-refractivity contribution in [3.63, 3.8) is 0 Å². The summed E-state index contributed by atoms with van der Waals surface area (Å²) in [5.41, 5.74) is 0. The summed E-state index contributed by atoms with van der Waals surface area (Å²) in [4.78, 5) is 37.9. The molecular weight excluding hydrogens is 1000 g/mol. The number of quaternary nitrogens is 1. The minimum Gasteiger partial charge on any atom is -0.756 e. The number of nitrogens with zero attached hydrogens (tertiary/aromatic N) is 1. The zero-order chi connectivity index (χ0) is 57.7. The summed E-state index contributed by atoms with van der Waals surface area (Å²) in [5.74, 6) is -0.869. The summed E-state index contributed by atoms with van der Waals surface area (Å²) in [5, 5.41) is 0. The van der Waals surface area contributed by atoms with Gasteiger partial charge >= 0.3 is 11.9 Å². The number of hydrogen-bond acceptors (Lipinski definition) is 8. The van der Waals surface area contributed by atoms with Gasteiger partial charge in [0.15, 0.2) is 6.10 Å². The Labute approximate surface area is 484 Å². The molecule has 0 saturated heterocycles. The van der Waals surface area contributed by atoms with Crippen molar-refractivity contribution in [1.29, 1.82) is 0 Å². The van der Waals surface area contributed by atoms with E-state index in [4.69, 9.17) is 18.5 Å². The average molecular weight is 1120 g/mol. The van der Waals surface area contributed by atoms with E-state index in [0.717, 1.165) is 135 Å². The molecule has 10 heteroatoms. The van der Waals surface area contributed by atoms with Crippen molar-refractivity contribution in [2.24, 2.45) is 0 Å². The van der Waals surface area contributed by atoms with Crippen LogP contribution in [0.2, 0.25) is 0 Å². The molecule has 0 aromatic rings. The van der Waals surface area contributed by atoms with E-state index in [1.807, 2.05) is 21.1 Å². The van der Waals surface area contributed by atoms with E-state index in [1.54, 1.807) is 0 Å². The number of carbonyl (C=O) groups is 2. The monoisotopic (exact) mass is 1120 g/mol. The number of allylic oxidation sites excluding steroid dienone is 24. The van der Waals surface area contributed by atoms with Crippen LogP contribution in [0.4, 0.5) is 0 Å². The van der Waals surface area contributed by atoms with E-state index in [2.05, 4.69) is 160 Å². The molecule has 0 aromatic carbocycles. The third-order valence-corrected chi connectivity index (χ3v) is 13.6. The Morgan fingerprint density at radius 3 is 1.08 bits per heavy atom. The van der Waals surface area contributed by atoms with Gasteiger partial charge in [0.1, 0.15) is 19.8 Å². The van der Waals surface area contributed by atoms with Crippen LogP contribution in [0.3, 0.4) is 0 Å². The maximum absolute atomic E-state index is 12.8. The molecule has 0 fully saturated rings. The topological polar surface area (TPSA) is 111 Å². The molecule has 0 aliphatic rings. The minimum absolute atomic E-state index is 0.0431. The molecule has 448 valence electrons. The third-order valence-electron chi connectivity index (χ3n) is 12.6. The molecule has 0 radical (unpaired) electrons. The number of phosphoric acid groups is 1. The Morgan fingerprint density at radius 2 is 0.722 bits per heavy atom. The lowest BCUT2D eigenvalue weighted by Crippen LogP contribution is -2.37. The van der Waals surface area contributed by atoms with Gasteiger partial charge in [0, 0.05) is 12.8 Å². The molecule has 0 spiro atoms. The van der Waals surface area contributed by atoms with Crippen LogP contribution < -0.4 is 4.89 Å². The van der Waals surface area contributed by atoms with Crippen molar-refractivity contribution < 1.29 is 42.1 Å². The fraction of sp³-hybridized carbons (Fsp3) is 0.623. The van der Waals surface area contributed by atoms with Crippen LogP contribution in [0.25, 0.3) is 0 Å². The number of hydrogen-bond donors (Lipinski definition) is 0. The normalized spacial score (nSPS) is 14.3. The van der Waals surface area contributed by atoms with Crippen molar-refractivity contribution in [2.45, 2.75) is 232 Å². The van der Waals surface area contributed by atoms with Crippen LogP contribution in [0.15, 0.2) is 146 Å². The van der Waals surface area contributed by atoms with Gasteiger partial charge in [-0.3, -0.25) is 14.2 Å². The smallest absolute Gasteiger partial charge is 0.306 e. The maximum atomic E-state index is 12.8. The fourth-order valence-corrected chi connectivity index (χ4v) is 8.56. The molecule has 0 rings (SSSR count). The van der Waals surface area contributed by atoms with E-state index in [0.29, 0.717) is 23.9 Å². The number of ether oxygens (including phenoxy) is 2. The number of likely N-dealkylation sites (N-methyl/N-ethyl adjacent to an activating group) is 1. The zero-order valence-corrected chi connectivity index (χ0v) is 51.7. The molecule has 0 aromatic heterocycles. The summed E-state index contributed by atoms with van der Waals surface area (Å²) in [6.45, 7) is 4.06. The Bertz CT molecular complexity index is 1840. The van der Waals surface area contributed by atoms with Crippen molar-refractivity contribution in [3.8, 4) is 0 Å². The van der Waals surface area contributed by atoms with Gasteiger partial charge in [0.2, 0.25) is 0 Å². The molecule has 2 unspecified atom stereocenters. The third kappa shape index (κ3) is 62.9. The molecule has 0 N–H and O–H groups in total. The predicted octanol–water partition coefficient (Wildman–Crippen LogP) is 19.2. The molecule has 2 atom stereocenters. The van der Waals surface area contributed by atoms with Crippen LogP contribution in [-0.4, -0.2) is 70.0 Å². The van der Waals surface area contributed by atoms with E-state index in [9.17, 15) is 19.0 Å². The Morgan fingerprint density at radius 1 is 0.405 bits per heavy atom. The molecule has 79 heavy (non-hydrogen) atoms. The molecule has 0 heterocycles. The Hall–Kier alpha value is -4.11. The first-order chi connectivity index (χ1) is 38.5. The van der Waals surface area contributed by atoms with Gasteiger partial charge in [-0.1, -0.05) is 237 Å². The molecule has 0 aliphatic heterocycles. The van der Waals surface area contributed by atoms with E-state index >= 15 is 0 Å². The molecular formula is C69H114NO8P. The summed E-state index contributed by atoms with van der Waals surface area (Å²) in [6.07, 6.45) is 86.1. The quantitative estimate of drug-likeness (QED) is 0.0195. The Kier molecular flexibility index (Phi) is 55.5. The van der Waals surface area contributed by atoms with Gasteiger partial charge in [-0.05, 0) is 122 Å². The lowest BCUT2D eigenvalue weighted by atomic mass is 10.1. The van der Waals surface area contributed by atoms with Gasteiger partial charge < -0.3 is 27.9 Å². The van der Waals surface area contributed by atoms with Crippen molar-refractivity contribution >= 4 is 19.8 Å². The highest BCUT2D eigenvalue weighted by Crippen LogP contribution is 2.38. The molecule has 9 nitrogen and oxygen atoms in total. The number of phosphoric ester groups is 1. The summed E-state index contributed by atoms with van der Waals surface area (Å²) in [7, 11) is 1.13. The van der Waals surface area contributed by atoms with Gasteiger partial charge in [-0.15, -0.1) is 0 Å². The number of unbranched alkanes of at least 4 members (excludes halogenated alkanes) is 17. The molecule has 0 bridgehead atoms. The highest BCUT2D eigenvalue weighted by atomic mass is 31.2. The largest absolute Gasteiger partial charge is 0.756 e. The van der Waals surface area contributed by atoms with Crippen LogP contribution in [0.1, 0.15) is 226 Å². The second-order valence-corrected chi connectivity index (χ2v) is 22.7. The second-order valence-electron chi connectivity index (χ2n) is 21.3. The highest BCUT2D eigenvalue weighted by molar-refractivity contribution is 7.45. The average Bonchev–Trinajstić information content (AvgIpc) is 3.41. The summed E-state index contributed by atoms with van der Waals surface area (Å²) < 4.78 is 34.1. The highest BCUT2D eigenvalue weighted by Gasteiger charge is 2.22. The summed E-state index contributed by atoms with van der Waals surface area (Å²) in [6, 6.07) is 0. The zero-order valence-electron chi connectivity index (χ0n) is 50.8. The van der Waals surface area contributed by atoms with E-state index in [-0.39, 0.29) is 26.1 Å². The van der Waals surface area contributed by atoms with Crippen molar-refractivity contribution in [3.05, 3.63) is 146 Å². The molecule has 0 amide bonds. The standard InChI is InChI=1S/C69H114NO8P/c1-6-8-10-12-14-16-18-20-22-24-26-27-28-29-30-31-32-33-34-35-36-37-38-39-40-41-42-43-44-46-48-50-52-54-56-58-60-62-69(72)78-67(66-77-79(73,74)76-64-63-70(3,4)5)65-75-68(71)61-59-57-55-53-51-49-47-45-25-23-21-19-17-15-13-11-9-7-2/h8,10,14,16-17,19-20,22-23,25-27,29-30,32-33,35-36,38-39,41-42,44,46,67H,6-7,9,11-13,15,18,21,24,28,31,34,37,40,43,45,47-66H2,1-5H3/b10-8-,16-14-,19-17-,22-20-,25-23-,27-26-,30-29-,33-32-,36-35-,39-38-,42-41-,46-44-. The van der Waals surface area contributed by atoms with E-state index < -0.39 is 32.5 Å². The first-order valence-corrected chi connectivity index (χ1v) is 32.5. The van der Waals surface area contributed by atoms with Gasteiger partial charge in [-0.25, -0.2) is 0 Å². The SMILES string of the molecule is CC/C=C\C/C=C\C/C=C\C/C=C\C/C=C\C/C=C\C/C=C\C/C=C\C/C=C\C/C=C\CCCCCCCCC(=O)OC(COC(=O)CCCCCCCCC/C=C\C/C=C\CCCCCC)COP(=O)([O-])OCC[N+](C)(C)C. The van der Waals surface area contributed by atoms with Gasteiger partial charge in [0.25, 0.3) is 7.82 Å². The number of esters is 2. The minimum atomic E-state index is -4.65. The van der Waals surface area contributed by atoms with Crippen molar-refractivity contribution in [2.75, 3.05) is 47.5 Å². The fourth-order valence-electron chi connectivity index (χ4n) is 7.83. The van der Waals surface area contributed by atoms with Crippen molar-refractivity contribution in [1.82, 2.24) is 0 Å². The van der Waals surface area contributed by atoms with Crippen LogP contribution >= 0.6 is 7.82 Å². The number of carbonyl (C=O) groups excluding carboxylic acids is 2. The van der Waals surface area contributed by atoms with Gasteiger partial charge in [0.05, 0.1) is 27.7 Å². The van der Waals surface area contributed by atoms with E-state index in [1.165, 1.54) is 51.4 Å². The van der Waals surface area contributed by atoms with Crippen LogP contribution in [-0.2, 0) is 32.7 Å². The lowest BCUT2D eigenvalue weighted by Gasteiger charge is -2.28. The van der Waals surface area contributed by atoms with Crippen LogP contribution in [0, 0.1) is 0 Å². The summed E-state index contributed by atoms with van der Waals surface area (Å²) >= 11 is 0. The second kappa shape index (κ2) is 58.5. The number of rotatable bonds is 55. The molecule has 0 saturated carbocycles. The Balaban J connectivity index is 4.20. The predicted molar refractivity (Wildman–Crippen MR) is 337 cm³/mol. The maximum Gasteiger partial charge on any atom is 0.306 e. The molecule has 0 aliphatic carbocycles. The first-order valence-electron chi connectivity index (χ1n) is 31.0. The van der Waals surface area contributed by atoms with Gasteiger partial charge in [-0.2, -0.15) is 0 Å².